The van der Waals surface area contributed by atoms with E-state index in [1.807, 2.05) is 6.07 Å². The van der Waals surface area contributed by atoms with E-state index in [1.165, 1.54) is 0 Å². The summed E-state index contributed by atoms with van der Waals surface area (Å²) in [5.74, 6) is 5.46. The van der Waals surface area contributed by atoms with Crippen molar-refractivity contribution < 1.29 is 9.53 Å². The van der Waals surface area contributed by atoms with Gasteiger partial charge in [-0.3, -0.25) is 10.2 Å². The molecule has 1 amide bonds. The zero-order valence-electron chi connectivity index (χ0n) is 10.6. The van der Waals surface area contributed by atoms with Gasteiger partial charge in [-0.05, 0) is 12.1 Å². The monoisotopic (exact) mass is 271 g/mol. The number of nitrogens with one attached hydrogen (secondary N) is 1. The summed E-state index contributed by atoms with van der Waals surface area (Å²) < 4.78 is 7.23. The smallest absolute Gasteiger partial charge is 0.268 e. The Labute approximate surface area is 115 Å². The first-order valence-corrected chi connectivity index (χ1v) is 5.90. The number of ether oxygens (including phenoxy) is 1. The van der Waals surface area contributed by atoms with Gasteiger partial charge in [0.1, 0.15) is 18.4 Å². The predicted octanol–water partition coefficient (Wildman–Crippen LogP) is 0.437. The lowest BCUT2D eigenvalue weighted by atomic mass is 10.2. The molecule has 1 aromatic heterocycles. The Morgan fingerprint density at radius 3 is 3.05 bits per heavy atom. The van der Waals surface area contributed by atoms with Crippen LogP contribution in [0, 0.1) is 11.3 Å². The van der Waals surface area contributed by atoms with E-state index in [0.717, 1.165) is 0 Å². The van der Waals surface area contributed by atoms with E-state index in [2.05, 4.69) is 10.4 Å². The molecule has 0 aliphatic heterocycles. The van der Waals surface area contributed by atoms with Gasteiger partial charge in [0.2, 0.25) is 5.82 Å². The summed E-state index contributed by atoms with van der Waals surface area (Å²) in [5, 5.41) is 8.83. The standard InChI is InChI=1S/C13H13N5O2/c14-9-12-16-5-6-18(12)7-8-20-11-4-2-1-3-10(11)13(19)17-15/h1-6H,7-8,15H2,(H,17,19). The first-order valence-electron chi connectivity index (χ1n) is 5.90. The van der Waals surface area contributed by atoms with Crippen LogP contribution < -0.4 is 16.0 Å². The Balaban J connectivity index is 2.02. The highest BCUT2D eigenvalue weighted by molar-refractivity contribution is 5.96. The Morgan fingerprint density at radius 1 is 1.50 bits per heavy atom. The molecule has 3 N–H and O–H groups in total. The highest BCUT2D eigenvalue weighted by Gasteiger charge is 2.10. The van der Waals surface area contributed by atoms with Gasteiger partial charge in [-0.25, -0.2) is 10.8 Å². The summed E-state index contributed by atoms with van der Waals surface area (Å²) in [6.45, 7) is 0.765. The van der Waals surface area contributed by atoms with E-state index >= 15 is 0 Å². The molecule has 1 heterocycles. The zero-order chi connectivity index (χ0) is 14.4. The van der Waals surface area contributed by atoms with Crippen LogP contribution in [0.15, 0.2) is 36.7 Å². The third-order valence-electron chi connectivity index (χ3n) is 2.67. The summed E-state index contributed by atoms with van der Waals surface area (Å²) in [7, 11) is 0. The Hall–Kier alpha value is -2.85. The number of rotatable bonds is 5. The number of nitrogens with zero attached hydrogens (tertiary/aromatic N) is 3. The fourth-order valence-electron chi connectivity index (χ4n) is 1.71. The number of nitriles is 1. The Kier molecular flexibility index (Phi) is 4.32. The molecule has 0 unspecified atom stereocenters. The SMILES string of the molecule is N#Cc1nccn1CCOc1ccccc1C(=O)NN. The van der Waals surface area contributed by atoms with Crippen molar-refractivity contribution in [2.24, 2.45) is 5.84 Å². The molecule has 2 aromatic rings. The molecule has 0 atom stereocenters. The number of nitrogens with two attached hydrogens (primary N) is 1. The average Bonchev–Trinajstić information content (AvgIpc) is 2.94. The van der Waals surface area contributed by atoms with E-state index in [-0.39, 0.29) is 0 Å². The minimum atomic E-state index is -0.416. The number of nitrogen functional groups attached to an aromatic ring is 1. The number of benzene rings is 1. The molecule has 0 saturated heterocycles. The maximum atomic E-state index is 11.6. The van der Waals surface area contributed by atoms with Crippen molar-refractivity contribution in [3.8, 4) is 11.8 Å². The molecule has 0 aliphatic carbocycles. The molecule has 0 bridgehead atoms. The quantitative estimate of drug-likeness (QED) is 0.466. The second kappa shape index (κ2) is 6.36. The molecular weight excluding hydrogens is 258 g/mol. The number of hydrogen-bond donors (Lipinski definition) is 2. The van der Waals surface area contributed by atoms with Crippen LogP contribution >= 0.6 is 0 Å². The van der Waals surface area contributed by atoms with Crippen LogP contribution in [0.1, 0.15) is 16.2 Å². The number of amides is 1. The lowest BCUT2D eigenvalue weighted by Crippen LogP contribution is -2.30. The molecule has 7 heteroatoms. The highest BCUT2D eigenvalue weighted by atomic mass is 16.5. The van der Waals surface area contributed by atoms with Crippen LogP contribution in [-0.4, -0.2) is 22.1 Å². The summed E-state index contributed by atoms with van der Waals surface area (Å²) >= 11 is 0. The summed E-state index contributed by atoms with van der Waals surface area (Å²) in [6.07, 6.45) is 3.24. The van der Waals surface area contributed by atoms with Gasteiger partial charge in [0.05, 0.1) is 12.1 Å². The molecule has 2 rings (SSSR count). The molecule has 1 aromatic carbocycles. The maximum absolute atomic E-state index is 11.6. The second-order valence-electron chi connectivity index (χ2n) is 3.87. The van der Waals surface area contributed by atoms with Crippen LogP contribution in [0.25, 0.3) is 0 Å². The summed E-state index contributed by atoms with van der Waals surface area (Å²) in [6, 6.07) is 8.77. The van der Waals surface area contributed by atoms with Crippen molar-refractivity contribution in [1.29, 1.82) is 5.26 Å². The van der Waals surface area contributed by atoms with Crippen molar-refractivity contribution in [2.75, 3.05) is 6.61 Å². The Morgan fingerprint density at radius 2 is 2.30 bits per heavy atom. The highest BCUT2D eigenvalue weighted by Crippen LogP contribution is 2.17. The topological polar surface area (TPSA) is 106 Å². The van der Waals surface area contributed by atoms with Gasteiger partial charge in [-0.15, -0.1) is 0 Å². The predicted molar refractivity (Wildman–Crippen MR) is 70.5 cm³/mol. The zero-order valence-corrected chi connectivity index (χ0v) is 10.6. The van der Waals surface area contributed by atoms with E-state index in [4.69, 9.17) is 15.8 Å². The van der Waals surface area contributed by atoms with Gasteiger partial charge in [-0.2, -0.15) is 5.26 Å². The minimum Gasteiger partial charge on any atom is -0.491 e. The van der Waals surface area contributed by atoms with Crippen molar-refractivity contribution in [2.45, 2.75) is 6.54 Å². The number of hydrazine groups is 1. The van der Waals surface area contributed by atoms with Crippen molar-refractivity contribution in [3.05, 3.63) is 48.0 Å². The lowest BCUT2D eigenvalue weighted by molar-refractivity contribution is 0.0949. The van der Waals surface area contributed by atoms with Crippen LogP contribution in [0.3, 0.4) is 0 Å². The maximum Gasteiger partial charge on any atom is 0.268 e. The molecule has 7 nitrogen and oxygen atoms in total. The number of carbonyl (C=O) groups is 1. The molecule has 0 aliphatic rings. The number of para-hydroxylation sites is 1. The first kappa shape index (κ1) is 13.6. The minimum absolute atomic E-state index is 0.305. The van der Waals surface area contributed by atoms with Gasteiger partial charge in [0.15, 0.2) is 0 Å². The van der Waals surface area contributed by atoms with Crippen LogP contribution in [0.2, 0.25) is 0 Å². The third kappa shape index (κ3) is 2.93. The van der Waals surface area contributed by atoms with E-state index in [0.29, 0.717) is 30.3 Å². The van der Waals surface area contributed by atoms with Crippen LogP contribution in [0.5, 0.6) is 5.75 Å². The van der Waals surface area contributed by atoms with Crippen molar-refractivity contribution in [1.82, 2.24) is 15.0 Å². The molecule has 0 fully saturated rings. The number of imidazole rings is 1. The number of carbonyl (C=O) groups excluding carboxylic acids is 1. The van der Waals surface area contributed by atoms with E-state index < -0.39 is 5.91 Å². The molecule has 0 saturated carbocycles. The van der Waals surface area contributed by atoms with Gasteiger partial charge < -0.3 is 9.30 Å². The average molecular weight is 271 g/mol. The second-order valence-corrected chi connectivity index (χ2v) is 3.87. The van der Waals surface area contributed by atoms with E-state index in [1.54, 1.807) is 41.2 Å². The molecule has 0 radical (unpaired) electrons. The number of hydrogen-bond acceptors (Lipinski definition) is 5. The summed E-state index contributed by atoms with van der Waals surface area (Å²) in [4.78, 5) is 15.4. The molecule has 102 valence electrons. The first-order chi connectivity index (χ1) is 9.76. The van der Waals surface area contributed by atoms with Crippen molar-refractivity contribution in [3.63, 3.8) is 0 Å². The van der Waals surface area contributed by atoms with Crippen LogP contribution in [0.4, 0.5) is 0 Å². The fraction of sp³-hybridized carbons (Fsp3) is 0.154. The van der Waals surface area contributed by atoms with E-state index in [9.17, 15) is 4.79 Å². The normalized spacial score (nSPS) is 9.80. The van der Waals surface area contributed by atoms with Gasteiger partial charge >= 0.3 is 0 Å². The molecule has 0 spiro atoms. The third-order valence-corrected chi connectivity index (χ3v) is 2.67. The fourth-order valence-corrected chi connectivity index (χ4v) is 1.71. The summed E-state index contributed by atoms with van der Waals surface area (Å²) in [5.41, 5.74) is 2.43. The molecule has 20 heavy (non-hydrogen) atoms. The van der Waals surface area contributed by atoms with Gasteiger partial charge in [-0.1, -0.05) is 12.1 Å². The largest absolute Gasteiger partial charge is 0.491 e. The molecular formula is C13H13N5O2. The van der Waals surface area contributed by atoms with Gasteiger partial charge in [0.25, 0.3) is 5.91 Å². The lowest BCUT2D eigenvalue weighted by Gasteiger charge is -2.10. The van der Waals surface area contributed by atoms with Crippen LogP contribution in [-0.2, 0) is 6.54 Å². The van der Waals surface area contributed by atoms with Gasteiger partial charge in [0, 0.05) is 12.4 Å². The van der Waals surface area contributed by atoms with Crippen molar-refractivity contribution >= 4 is 5.91 Å². The Bertz CT molecular complexity index is 644. The number of aromatic nitrogens is 2.